The maximum absolute atomic E-state index is 12.4. The van der Waals surface area contributed by atoms with E-state index in [-0.39, 0.29) is 11.7 Å². The zero-order valence-electron chi connectivity index (χ0n) is 14.2. The van der Waals surface area contributed by atoms with Crippen LogP contribution in [-0.2, 0) is 21.2 Å². The number of hydrogen-bond donors (Lipinski definition) is 0. The summed E-state index contributed by atoms with van der Waals surface area (Å²) in [5.41, 5.74) is 3.36. The van der Waals surface area contributed by atoms with E-state index in [1.54, 1.807) is 4.90 Å². The van der Waals surface area contributed by atoms with E-state index < -0.39 is 10.0 Å². The third-order valence-electron chi connectivity index (χ3n) is 4.29. The van der Waals surface area contributed by atoms with Gasteiger partial charge in [0.15, 0.2) is 0 Å². The second-order valence-corrected chi connectivity index (χ2v) is 8.29. The summed E-state index contributed by atoms with van der Waals surface area (Å²) in [6.07, 6.45) is 1.00. The van der Waals surface area contributed by atoms with E-state index in [4.69, 9.17) is 0 Å². The van der Waals surface area contributed by atoms with Crippen LogP contribution in [0.4, 0.5) is 0 Å². The molecule has 0 saturated carbocycles. The van der Waals surface area contributed by atoms with Crippen molar-refractivity contribution in [2.75, 3.05) is 31.9 Å². The summed E-state index contributed by atoms with van der Waals surface area (Å²) in [5.74, 6) is 0.258. The van der Waals surface area contributed by atoms with E-state index in [0.717, 1.165) is 11.1 Å². The van der Waals surface area contributed by atoms with E-state index in [2.05, 4.69) is 6.07 Å². The Balaban J connectivity index is 1.93. The third kappa shape index (κ3) is 4.54. The lowest BCUT2D eigenvalue weighted by molar-refractivity contribution is -0.131. The molecule has 0 N–H and O–H groups in total. The van der Waals surface area contributed by atoms with Crippen LogP contribution < -0.4 is 0 Å². The van der Waals surface area contributed by atoms with Crippen molar-refractivity contribution in [3.8, 4) is 0 Å². The summed E-state index contributed by atoms with van der Waals surface area (Å²) >= 11 is 0. The Morgan fingerprint density at radius 3 is 2.35 bits per heavy atom. The number of aryl methyl sites for hydroxylation is 2. The lowest BCUT2D eigenvalue weighted by Crippen LogP contribution is -2.51. The molecule has 1 aliphatic rings. The molecule has 0 unspecified atom stereocenters. The highest BCUT2D eigenvalue weighted by molar-refractivity contribution is 7.89. The number of carbonyl (C=O) groups is 1. The van der Waals surface area contributed by atoms with E-state index >= 15 is 0 Å². The number of carbonyl (C=O) groups excluding carboxylic acids is 1. The molecule has 1 aromatic carbocycles. The van der Waals surface area contributed by atoms with Gasteiger partial charge in [-0.25, -0.2) is 8.42 Å². The number of hydrogen-bond acceptors (Lipinski definition) is 3. The maximum Gasteiger partial charge on any atom is 0.227 e. The minimum Gasteiger partial charge on any atom is -0.340 e. The Labute approximate surface area is 139 Å². The second kappa shape index (κ2) is 7.45. The van der Waals surface area contributed by atoms with Crippen molar-refractivity contribution in [1.82, 2.24) is 9.21 Å². The first-order valence-electron chi connectivity index (χ1n) is 8.15. The Bertz CT molecular complexity index is 662. The van der Waals surface area contributed by atoms with E-state index in [9.17, 15) is 13.2 Å². The van der Waals surface area contributed by atoms with Gasteiger partial charge in [0.25, 0.3) is 0 Å². The van der Waals surface area contributed by atoms with Crippen molar-refractivity contribution in [3.63, 3.8) is 0 Å². The first-order chi connectivity index (χ1) is 10.8. The third-order valence-corrected chi connectivity index (χ3v) is 6.36. The quantitative estimate of drug-likeness (QED) is 0.821. The van der Waals surface area contributed by atoms with Gasteiger partial charge in [0, 0.05) is 26.2 Å². The molecular formula is C17H26N2O3S. The summed E-state index contributed by atoms with van der Waals surface area (Å²) in [7, 11) is -3.16. The van der Waals surface area contributed by atoms with Crippen molar-refractivity contribution in [1.29, 1.82) is 0 Å². The SMILES string of the molecule is CCCS(=O)(=O)N1CCN(C(=O)Cc2ccc(C)cc2C)CC1. The monoisotopic (exact) mass is 338 g/mol. The van der Waals surface area contributed by atoms with Crippen molar-refractivity contribution < 1.29 is 13.2 Å². The Kier molecular flexibility index (Phi) is 5.81. The first kappa shape index (κ1) is 17.9. The smallest absolute Gasteiger partial charge is 0.227 e. The Hall–Kier alpha value is -1.40. The number of sulfonamides is 1. The highest BCUT2D eigenvalue weighted by atomic mass is 32.2. The van der Waals surface area contributed by atoms with Crippen molar-refractivity contribution in [2.24, 2.45) is 0 Å². The molecule has 0 aliphatic carbocycles. The van der Waals surface area contributed by atoms with Crippen molar-refractivity contribution in [3.05, 3.63) is 34.9 Å². The predicted octanol–water partition coefficient (Wildman–Crippen LogP) is 1.73. The van der Waals surface area contributed by atoms with Crippen LogP contribution in [0, 0.1) is 13.8 Å². The van der Waals surface area contributed by atoms with E-state index in [1.807, 2.05) is 32.9 Å². The van der Waals surface area contributed by atoms with Gasteiger partial charge in [0.2, 0.25) is 15.9 Å². The van der Waals surface area contributed by atoms with E-state index in [1.165, 1.54) is 9.87 Å². The van der Waals surface area contributed by atoms with Crippen LogP contribution in [0.1, 0.15) is 30.0 Å². The molecule has 5 nitrogen and oxygen atoms in total. The summed E-state index contributed by atoms with van der Waals surface area (Å²) in [6.45, 7) is 7.68. The van der Waals surface area contributed by atoms with Crippen LogP contribution >= 0.6 is 0 Å². The fraction of sp³-hybridized carbons (Fsp3) is 0.588. The number of benzene rings is 1. The molecule has 0 radical (unpaired) electrons. The second-order valence-electron chi connectivity index (χ2n) is 6.20. The normalized spacial score (nSPS) is 16.6. The molecule has 1 aliphatic heterocycles. The number of amides is 1. The zero-order valence-corrected chi connectivity index (χ0v) is 15.0. The van der Waals surface area contributed by atoms with Gasteiger partial charge in [0.1, 0.15) is 0 Å². The summed E-state index contributed by atoms with van der Waals surface area (Å²) in [6, 6.07) is 6.10. The summed E-state index contributed by atoms with van der Waals surface area (Å²) < 4.78 is 25.6. The molecule has 23 heavy (non-hydrogen) atoms. The highest BCUT2D eigenvalue weighted by Crippen LogP contribution is 2.14. The van der Waals surface area contributed by atoms with Gasteiger partial charge in [-0.15, -0.1) is 0 Å². The van der Waals surface area contributed by atoms with Crippen LogP contribution in [0.2, 0.25) is 0 Å². The molecule has 0 spiro atoms. The van der Waals surface area contributed by atoms with Crippen LogP contribution in [0.3, 0.4) is 0 Å². The Morgan fingerprint density at radius 1 is 1.13 bits per heavy atom. The summed E-state index contributed by atoms with van der Waals surface area (Å²) in [4.78, 5) is 14.2. The largest absolute Gasteiger partial charge is 0.340 e. The van der Waals surface area contributed by atoms with Gasteiger partial charge in [-0.1, -0.05) is 30.7 Å². The molecule has 6 heteroatoms. The Morgan fingerprint density at radius 2 is 1.78 bits per heavy atom. The molecule has 0 atom stereocenters. The number of nitrogens with zero attached hydrogens (tertiary/aromatic N) is 2. The number of piperazine rings is 1. The first-order valence-corrected chi connectivity index (χ1v) is 9.76. The molecule has 2 rings (SSSR count). The predicted molar refractivity (Wildman–Crippen MR) is 91.9 cm³/mol. The van der Waals surface area contributed by atoms with Crippen LogP contribution in [0.5, 0.6) is 0 Å². The average molecular weight is 338 g/mol. The van der Waals surface area contributed by atoms with Gasteiger partial charge < -0.3 is 4.90 Å². The molecule has 0 aromatic heterocycles. The standard InChI is InChI=1S/C17H26N2O3S/c1-4-11-23(21,22)19-9-7-18(8-10-19)17(20)13-16-6-5-14(2)12-15(16)3/h5-6,12H,4,7-11,13H2,1-3H3. The van der Waals surface area contributed by atoms with Gasteiger partial charge in [0.05, 0.1) is 12.2 Å². The molecule has 1 fully saturated rings. The minimum atomic E-state index is -3.16. The molecule has 1 aromatic rings. The minimum absolute atomic E-state index is 0.0736. The number of rotatable bonds is 5. The zero-order chi connectivity index (χ0) is 17.0. The molecular weight excluding hydrogens is 312 g/mol. The fourth-order valence-corrected chi connectivity index (χ4v) is 4.42. The molecule has 0 bridgehead atoms. The average Bonchev–Trinajstić information content (AvgIpc) is 2.50. The summed E-state index contributed by atoms with van der Waals surface area (Å²) in [5, 5.41) is 0. The fourth-order valence-electron chi connectivity index (χ4n) is 2.92. The molecule has 1 amide bonds. The molecule has 1 saturated heterocycles. The van der Waals surface area contributed by atoms with Gasteiger partial charge in [-0.2, -0.15) is 4.31 Å². The van der Waals surface area contributed by atoms with Crippen molar-refractivity contribution >= 4 is 15.9 Å². The van der Waals surface area contributed by atoms with Gasteiger partial charge in [-0.3, -0.25) is 4.79 Å². The van der Waals surface area contributed by atoms with Gasteiger partial charge in [-0.05, 0) is 31.4 Å². The van der Waals surface area contributed by atoms with E-state index in [0.29, 0.717) is 39.0 Å². The lowest BCUT2D eigenvalue weighted by Gasteiger charge is -2.34. The molecule has 128 valence electrons. The topological polar surface area (TPSA) is 57.7 Å². The van der Waals surface area contributed by atoms with Crippen LogP contribution in [0.25, 0.3) is 0 Å². The highest BCUT2D eigenvalue weighted by Gasteiger charge is 2.28. The van der Waals surface area contributed by atoms with Gasteiger partial charge >= 0.3 is 0 Å². The van der Waals surface area contributed by atoms with Crippen LogP contribution in [0.15, 0.2) is 18.2 Å². The van der Waals surface area contributed by atoms with Crippen molar-refractivity contribution in [2.45, 2.75) is 33.6 Å². The van der Waals surface area contributed by atoms with Crippen LogP contribution in [-0.4, -0.2) is 55.5 Å². The molecule has 1 heterocycles. The lowest BCUT2D eigenvalue weighted by atomic mass is 10.0. The maximum atomic E-state index is 12.4.